The summed E-state index contributed by atoms with van der Waals surface area (Å²) in [5.41, 5.74) is 11.0. The van der Waals surface area contributed by atoms with Gasteiger partial charge in [-0.15, -0.1) is 22.7 Å². The Hall–Kier alpha value is -6.86. The summed E-state index contributed by atoms with van der Waals surface area (Å²) in [4.78, 5) is 10.7. The number of thiophene rings is 2. The number of aromatic nitrogens is 4. The van der Waals surface area contributed by atoms with Gasteiger partial charge in [0.05, 0.1) is 37.8 Å². The van der Waals surface area contributed by atoms with Gasteiger partial charge >= 0.3 is 0 Å². The molecule has 0 aliphatic rings. The molecule has 0 unspecified atom stereocenters. The Morgan fingerprint density at radius 3 is 1.84 bits per heavy atom. The molecule has 0 saturated heterocycles. The molecule has 14 aromatic rings. The maximum Gasteiger partial charge on any atom is 0.146 e. The maximum atomic E-state index is 5.43. The number of fused-ring (bicyclic) bond motifs is 24. The van der Waals surface area contributed by atoms with Gasteiger partial charge in [0.1, 0.15) is 11.3 Å². The molecule has 0 aliphatic carbocycles. The van der Waals surface area contributed by atoms with Crippen LogP contribution in [0.25, 0.3) is 128 Å². The smallest absolute Gasteiger partial charge is 0.146 e. The molecule has 258 valence electrons. The average molecular weight is 747 g/mol. The van der Waals surface area contributed by atoms with E-state index < -0.39 is 0 Å². The fourth-order valence-electron chi connectivity index (χ4n) is 9.62. The van der Waals surface area contributed by atoms with Crippen LogP contribution in [0.4, 0.5) is 0 Å². The highest BCUT2D eigenvalue weighted by molar-refractivity contribution is 7.26. The van der Waals surface area contributed by atoms with Crippen LogP contribution >= 0.6 is 22.7 Å². The lowest BCUT2D eigenvalue weighted by molar-refractivity contribution is 1.33. The first kappa shape index (κ1) is 29.5. The van der Waals surface area contributed by atoms with Crippen molar-refractivity contribution in [3.05, 3.63) is 158 Å². The van der Waals surface area contributed by atoms with Gasteiger partial charge in [-0.2, -0.15) is 0 Å². The van der Waals surface area contributed by atoms with Gasteiger partial charge in [0, 0.05) is 57.2 Å². The van der Waals surface area contributed by atoms with Crippen molar-refractivity contribution in [1.29, 1.82) is 0 Å². The van der Waals surface area contributed by atoms with E-state index in [2.05, 4.69) is 167 Å². The Bertz CT molecular complexity index is 4070. The van der Waals surface area contributed by atoms with Gasteiger partial charge in [-0.1, -0.05) is 103 Å². The van der Waals surface area contributed by atoms with E-state index in [9.17, 15) is 0 Å². The molecule has 56 heavy (non-hydrogen) atoms. The first-order valence-corrected chi connectivity index (χ1v) is 20.5. The number of para-hydroxylation sites is 2. The zero-order chi connectivity index (χ0) is 36.2. The summed E-state index contributed by atoms with van der Waals surface area (Å²) in [6.07, 6.45) is 0. The summed E-state index contributed by atoms with van der Waals surface area (Å²) in [5, 5.41) is 12.4. The average Bonchev–Trinajstić information content (AvgIpc) is 4.03. The standard InChI is InChI=1S/C50H26N4S2/c1-2-11-34-29(9-1)31-20-21-33-30-10-3-7-15-42(30)56-48(33)47(31)54-41-23-18-28(26-39(41)52-49(34)54)27-17-19-35-37(25-27)32-22-24-44-45(36-12-4-8-16-43(36)55-44)46(32)53-40-14-6-5-13-38(40)51-50(35)53/h1-26H. The summed E-state index contributed by atoms with van der Waals surface area (Å²) >= 11 is 3.74. The summed E-state index contributed by atoms with van der Waals surface area (Å²) in [7, 11) is 0. The third-order valence-electron chi connectivity index (χ3n) is 12.0. The third-order valence-corrected chi connectivity index (χ3v) is 14.4. The second-order valence-electron chi connectivity index (χ2n) is 14.9. The monoisotopic (exact) mass is 746 g/mol. The van der Waals surface area contributed by atoms with Crippen molar-refractivity contribution in [2.24, 2.45) is 0 Å². The number of pyridine rings is 2. The summed E-state index contributed by atoms with van der Waals surface area (Å²) in [6.45, 7) is 0. The van der Waals surface area contributed by atoms with Crippen molar-refractivity contribution < 1.29 is 0 Å². The molecule has 0 atom stereocenters. The summed E-state index contributed by atoms with van der Waals surface area (Å²) < 4.78 is 10.0. The van der Waals surface area contributed by atoms with E-state index in [0.717, 1.165) is 49.9 Å². The molecule has 0 spiro atoms. The van der Waals surface area contributed by atoms with Crippen molar-refractivity contribution in [3.8, 4) is 11.1 Å². The minimum atomic E-state index is 0.990. The first-order chi connectivity index (χ1) is 27.8. The maximum absolute atomic E-state index is 5.43. The van der Waals surface area contributed by atoms with Gasteiger partial charge in [-0.25, -0.2) is 9.97 Å². The lowest BCUT2D eigenvalue weighted by Crippen LogP contribution is -1.93. The molecule has 0 radical (unpaired) electrons. The van der Waals surface area contributed by atoms with Gasteiger partial charge in [0.2, 0.25) is 0 Å². The summed E-state index contributed by atoms with van der Waals surface area (Å²) in [5.74, 6) is 0. The molecule has 0 bridgehead atoms. The highest BCUT2D eigenvalue weighted by Gasteiger charge is 2.21. The number of benzene rings is 8. The number of nitrogens with zero attached hydrogens (tertiary/aromatic N) is 4. The van der Waals surface area contributed by atoms with Gasteiger partial charge in [-0.05, 0) is 76.5 Å². The van der Waals surface area contributed by atoms with Crippen molar-refractivity contribution in [1.82, 2.24) is 18.8 Å². The lowest BCUT2D eigenvalue weighted by atomic mass is 9.97. The molecule has 0 saturated carbocycles. The molecule has 0 N–H and O–H groups in total. The highest BCUT2D eigenvalue weighted by Crippen LogP contribution is 2.45. The Morgan fingerprint density at radius 1 is 0.357 bits per heavy atom. The predicted molar refractivity (Wildman–Crippen MR) is 240 cm³/mol. The molecule has 0 aliphatic heterocycles. The van der Waals surface area contributed by atoms with Gasteiger partial charge in [-0.3, -0.25) is 8.80 Å². The van der Waals surface area contributed by atoms with Gasteiger partial charge < -0.3 is 0 Å². The predicted octanol–water partition coefficient (Wildman–Crippen LogP) is 14.3. The highest BCUT2D eigenvalue weighted by atomic mass is 32.1. The van der Waals surface area contributed by atoms with Crippen LogP contribution in [-0.2, 0) is 0 Å². The number of hydrogen-bond donors (Lipinski definition) is 0. The van der Waals surface area contributed by atoms with Crippen molar-refractivity contribution in [2.45, 2.75) is 0 Å². The second-order valence-corrected chi connectivity index (χ2v) is 17.0. The summed E-state index contributed by atoms with van der Waals surface area (Å²) in [6, 6.07) is 57.8. The number of imidazole rings is 2. The van der Waals surface area contributed by atoms with Gasteiger partial charge in [0.15, 0.2) is 0 Å². The van der Waals surface area contributed by atoms with Crippen LogP contribution in [-0.4, -0.2) is 18.8 Å². The van der Waals surface area contributed by atoms with Crippen LogP contribution in [0.5, 0.6) is 0 Å². The van der Waals surface area contributed by atoms with E-state index in [4.69, 9.17) is 9.97 Å². The van der Waals surface area contributed by atoms with Crippen LogP contribution in [0, 0.1) is 0 Å². The molecule has 14 rings (SSSR count). The Labute approximate surface area is 325 Å². The van der Waals surface area contributed by atoms with Crippen molar-refractivity contribution in [3.63, 3.8) is 0 Å². The largest absolute Gasteiger partial charge is 0.291 e. The molecular formula is C50H26N4S2. The first-order valence-electron chi connectivity index (χ1n) is 18.9. The van der Waals surface area contributed by atoms with Crippen LogP contribution in [0.1, 0.15) is 0 Å². The van der Waals surface area contributed by atoms with Crippen LogP contribution in [0.3, 0.4) is 0 Å². The van der Waals surface area contributed by atoms with Crippen molar-refractivity contribution in [2.75, 3.05) is 0 Å². The third kappa shape index (κ3) is 3.68. The van der Waals surface area contributed by atoms with E-state index in [1.165, 1.54) is 78.3 Å². The Balaban J connectivity index is 1.07. The van der Waals surface area contributed by atoms with E-state index in [1.54, 1.807) is 0 Å². The zero-order valence-corrected chi connectivity index (χ0v) is 31.2. The minimum Gasteiger partial charge on any atom is -0.291 e. The normalized spacial score (nSPS) is 12.6. The second kappa shape index (κ2) is 10.5. The number of rotatable bonds is 1. The molecule has 0 fully saturated rings. The number of hydrogen-bond acceptors (Lipinski definition) is 4. The fraction of sp³-hybridized carbons (Fsp3) is 0. The molecule has 6 aromatic heterocycles. The molecule has 6 heterocycles. The molecular weight excluding hydrogens is 721 g/mol. The molecule has 6 heteroatoms. The van der Waals surface area contributed by atoms with Crippen LogP contribution in [0.15, 0.2) is 158 Å². The SMILES string of the molecule is c1ccc2c(c1)nc1c3ccc(-c4ccc5c(c4)nc4c6ccccc6c6ccc7c8ccccc8sc7c6n54)cc3c3ccc4sc5ccccc5c4c3n21. The van der Waals surface area contributed by atoms with E-state index in [1.807, 2.05) is 22.7 Å². The molecule has 4 nitrogen and oxygen atoms in total. The lowest BCUT2D eigenvalue weighted by Gasteiger charge is -2.12. The quantitative estimate of drug-likeness (QED) is 0.157. The minimum absolute atomic E-state index is 0.990. The zero-order valence-electron chi connectivity index (χ0n) is 29.6. The van der Waals surface area contributed by atoms with E-state index >= 15 is 0 Å². The fourth-order valence-corrected chi connectivity index (χ4v) is 12.0. The van der Waals surface area contributed by atoms with Crippen LogP contribution in [0.2, 0.25) is 0 Å². The van der Waals surface area contributed by atoms with Gasteiger partial charge in [0.25, 0.3) is 0 Å². The van der Waals surface area contributed by atoms with Crippen molar-refractivity contribution >= 4 is 140 Å². The molecule has 8 aromatic carbocycles. The van der Waals surface area contributed by atoms with Crippen LogP contribution < -0.4 is 0 Å². The molecule has 0 amide bonds. The van der Waals surface area contributed by atoms with E-state index in [0.29, 0.717) is 0 Å². The van der Waals surface area contributed by atoms with E-state index in [-0.39, 0.29) is 0 Å². The Morgan fingerprint density at radius 2 is 0.946 bits per heavy atom. The topological polar surface area (TPSA) is 34.6 Å². The Kier molecular flexibility index (Phi) is 5.51.